The number of aliphatic hydroxyl groups is 1. The number of ether oxygens (including phenoxy) is 1. The van der Waals surface area contributed by atoms with Crippen molar-refractivity contribution in [3.05, 3.63) is 62.9 Å². The second-order valence-corrected chi connectivity index (χ2v) is 6.52. The van der Waals surface area contributed by atoms with Gasteiger partial charge >= 0.3 is 5.69 Å². The van der Waals surface area contributed by atoms with E-state index in [-0.39, 0.29) is 13.0 Å². The Kier molecular flexibility index (Phi) is 5.50. The van der Waals surface area contributed by atoms with Gasteiger partial charge in [0, 0.05) is 30.4 Å². The zero-order valence-electron chi connectivity index (χ0n) is 14.1. The summed E-state index contributed by atoms with van der Waals surface area (Å²) in [7, 11) is 0. The molecule has 138 valence electrons. The fourth-order valence-electron chi connectivity index (χ4n) is 2.76. The Balaban J connectivity index is 1.59. The van der Waals surface area contributed by atoms with E-state index in [1.807, 2.05) is 30.3 Å². The average Bonchev–Trinajstić information content (AvgIpc) is 2.98. The van der Waals surface area contributed by atoms with Crippen LogP contribution in [0.3, 0.4) is 0 Å². The van der Waals surface area contributed by atoms with Crippen molar-refractivity contribution in [1.29, 1.82) is 0 Å². The van der Waals surface area contributed by atoms with Crippen molar-refractivity contribution in [3.8, 4) is 0 Å². The van der Waals surface area contributed by atoms with Gasteiger partial charge in [0.15, 0.2) is 5.11 Å². The van der Waals surface area contributed by atoms with Crippen molar-refractivity contribution in [2.45, 2.75) is 31.8 Å². The maximum absolute atomic E-state index is 12.0. The van der Waals surface area contributed by atoms with Gasteiger partial charge in [0.25, 0.3) is 5.56 Å². The van der Waals surface area contributed by atoms with Crippen LogP contribution < -0.4 is 21.9 Å². The van der Waals surface area contributed by atoms with Gasteiger partial charge in [0.2, 0.25) is 0 Å². The quantitative estimate of drug-likeness (QED) is 0.575. The minimum Gasteiger partial charge on any atom is -0.390 e. The number of thiocarbonyl (C=S) groups is 1. The third-order valence-corrected chi connectivity index (χ3v) is 4.40. The van der Waals surface area contributed by atoms with Crippen LogP contribution in [0.2, 0.25) is 0 Å². The molecule has 0 aliphatic carbocycles. The van der Waals surface area contributed by atoms with E-state index in [0.717, 1.165) is 5.69 Å². The highest BCUT2D eigenvalue weighted by molar-refractivity contribution is 7.80. The van der Waals surface area contributed by atoms with Gasteiger partial charge in [0.05, 0.1) is 6.10 Å². The molecule has 1 saturated heterocycles. The summed E-state index contributed by atoms with van der Waals surface area (Å²) in [6, 6.07) is 9.46. The van der Waals surface area contributed by atoms with Crippen LogP contribution in [0.5, 0.6) is 0 Å². The number of para-hydroxylation sites is 1. The second kappa shape index (κ2) is 7.81. The molecule has 0 bridgehead atoms. The van der Waals surface area contributed by atoms with Crippen molar-refractivity contribution < 1.29 is 9.84 Å². The van der Waals surface area contributed by atoms with Crippen LogP contribution in [0, 0.1) is 6.92 Å². The van der Waals surface area contributed by atoms with Crippen LogP contribution in [0.1, 0.15) is 18.2 Å². The molecule has 2 aromatic rings. The van der Waals surface area contributed by atoms with Crippen LogP contribution in [-0.4, -0.2) is 38.5 Å². The van der Waals surface area contributed by atoms with E-state index in [9.17, 15) is 14.7 Å². The first-order valence-electron chi connectivity index (χ1n) is 8.19. The number of aromatic amines is 1. The molecule has 0 spiro atoms. The summed E-state index contributed by atoms with van der Waals surface area (Å²) < 4.78 is 7.07. The molecular weight excluding hydrogens is 356 g/mol. The molecule has 1 aromatic carbocycles. The molecule has 3 rings (SSSR count). The number of rotatable bonds is 4. The van der Waals surface area contributed by atoms with Gasteiger partial charge in [-0.05, 0) is 31.3 Å². The molecule has 0 unspecified atom stereocenters. The number of H-pyrrole nitrogens is 1. The van der Waals surface area contributed by atoms with E-state index in [1.54, 1.807) is 6.92 Å². The summed E-state index contributed by atoms with van der Waals surface area (Å²) >= 11 is 5.23. The summed E-state index contributed by atoms with van der Waals surface area (Å²) in [6.45, 7) is 1.89. The molecule has 26 heavy (non-hydrogen) atoms. The lowest BCUT2D eigenvalue weighted by Gasteiger charge is -2.18. The second-order valence-electron chi connectivity index (χ2n) is 6.11. The summed E-state index contributed by atoms with van der Waals surface area (Å²) in [5.74, 6) is 0. The van der Waals surface area contributed by atoms with Gasteiger partial charge in [-0.3, -0.25) is 14.3 Å². The Morgan fingerprint density at radius 3 is 2.85 bits per heavy atom. The number of benzene rings is 1. The number of nitrogens with zero attached hydrogens (tertiary/aromatic N) is 1. The topological polar surface area (TPSA) is 108 Å². The average molecular weight is 376 g/mol. The first-order chi connectivity index (χ1) is 12.4. The van der Waals surface area contributed by atoms with E-state index >= 15 is 0 Å². The standard InChI is InChI=1S/C17H20N4O4S/c1-10-9-21(17(24)20-15(10)23)14-7-12(22)13(25-14)8-18-16(26)19-11-5-3-2-4-6-11/h2-6,9,12-14,22H,7-8H2,1H3,(H2,18,19,26)(H,20,23,24)/t12-,13+,14-/m0/s1. The van der Waals surface area contributed by atoms with E-state index in [4.69, 9.17) is 17.0 Å². The number of aliphatic hydroxyl groups excluding tert-OH is 1. The lowest BCUT2D eigenvalue weighted by Crippen LogP contribution is -2.39. The number of aromatic nitrogens is 2. The normalized spacial score (nSPS) is 22.2. The maximum atomic E-state index is 12.0. The fourth-order valence-corrected chi connectivity index (χ4v) is 2.96. The Morgan fingerprint density at radius 1 is 1.38 bits per heavy atom. The maximum Gasteiger partial charge on any atom is 0.330 e. The molecule has 1 aliphatic heterocycles. The highest BCUT2D eigenvalue weighted by Crippen LogP contribution is 2.27. The van der Waals surface area contributed by atoms with E-state index in [2.05, 4.69) is 15.6 Å². The molecular formula is C17H20N4O4S. The predicted octanol–water partition coefficient (Wildman–Crippen LogP) is 0.480. The highest BCUT2D eigenvalue weighted by Gasteiger charge is 2.35. The smallest absolute Gasteiger partial charge is 0.330 e. The van der Waals surface area contributed by atoms with Crippen molar-refractivity contribution in [2.75, 3.05) is 11.9 Å². The fraction of sp³-hybridized carbons (Fsp3) is 0.353. The van der Waals surface area contributed by atoms with Crippen LogP contribution in [0.15, 0.2) is 46.1 Å². The number of anilines is 1. The van der Waals surface area contributed by atoms with E-state index in [0.29, 0.717) is 10.7 Å². The van der Waals surface area contributed by atoms with Crippen LogP contribution in [0.4, 0.5) is 5.69 Å². The molecule has 8 nitrogen and oxygen atoms in total. The molecule has 3 atom stereocenters. The summed E-state index contributed by atoms with van der Waals surface area (Å²) in [4.78, 5) is 25.7. The number of hydrogen-bond acceptors (Lipinski definition) is 5. The number of aryl methyl sites for hydroxylation is 1. The molecule has 1 aliphatic rings. The molecule has 0 radical (unpaired) electrons. The first-order valence-corrected chi connectivity index (χ1v) is 8.60. The lowest BCUT2D eigenvalue weighted by atomic mass is 10.2. The largest absolute Gasteiger partial charge is 0.390 e. The zero-order valence-corrected chi connectivity index (χ0v) is 15.0. The van der Waals surface area contributed by atoms with Gasteiger partial charge in [-0.25, -0.2) is 4.79 Å². The molecule has 1 fully saturated rings. The van der Waals surface area contributed by atoms with Crippen LogP contribution in [-0.2, 0) is 4.74 Å². The molecule has 9 heteroatoms. The number of nitrogens with one attached hydrogen (secondary N) is 3. The SMILES string of the molecule is Cc1cn([C@@H]2C[C@H](O)[C@@H](CNC(=S)Nc3ccccc3)O2)c(=O)[nH]c1=O. The summed E-state index contributed by atoms with van der Waals surface area (Å²) in [6.07, 6.45) is -0.247. The first kappa shape index (κ1) is 18.3. The lowest BCUT2D eigenvalue weighted by molar-refractivity contribution is -0.0172. The van der Waals surface area contributed by atoms with Gasteiger partial charge in [-0.15, -0.1) is 0 Å². The van der Waals surface area contributed by atoms with Crippen molar-refractivity contribution in [3.63, 3.8) is 0 Å². The Hall–Kier alpha value is -2.49. The van der Waals surface area contributed by atoms with Crippen molar-refractivity contribution in [1.82, 2.24) is 14.9 Å². The third kappa shape index (κ3) is 4.18. The molecule has 2 heterocycles. The van der Waals surface area contributed by atoms with Crippen molar-refractivity contribution >= 4 is 23.0 Å². The Labute approximate surface area is 154 Å². The monoisotopic (exact) mass is 376 g/mol. The Bertz CT molecular complexity index is 896. The van der Waals surface area contributed by atoms with Gasteiger partial charge < -0.3 is 20.5 Å². The Morgan fingerprint density at radius 2 is 2.12 bits per heavy atom. The third-order valence-electron chi connectivity index (χ3n) is 4.16. The number of hydrogen-bond donors (Lipinski definition) is 4. The molecule has 0 amide bonds. The predicted molar refractivity (Wildman–Crippen MR) is 101 cm³/mol. The van der Waals surface area contributed by atoms with E-state index < -0.39 is 29.7 Å². The van der Waals surface area contributed by atoms with Crippen LogP contribution >= 0.6 is 12.2 Å². The minimum atomic E-state index is -0.758. The molecule has 4 N–H and O–H groups in total. The van der Waals surface area contributed by atoms with Gasteiger partial charge in [-0.2, -0.15) is 0 Å². The van der Waals surface area contributed by atoms with Crippen molar-refractivity contribution in [2.24, 2.45) is 0 Å². The molecule has 0 saturated carbocycles. The minimum absolute atomic E-state index is 0.247. The summed E-state index contributed by atoms with van der Waals surface area (Å²) in [5, 5.41) is 16.7. The van der Waals surface area contributed by atoms with Crippen LogP contribution in [0.25, 0.3) is 0 Å². The van der Waals surface area contributed by atoms with Gasteiger partial charge in [-0.1, -0.05) is 18.2 Å². The molecule has 1 aromatic heterocycles. The van der Waals surface area contributed by atoms with Gasteiger partial charge in [0.1, 0.15) is 12.3 Å². The zero-order chi connectivity index (χ0) is 18.7. The summed E-state index contributed by atoms with van der Waals surface area (Å²) in [5.41, 5.74) is 0.261. The highest BCUT2D eigenvalue weighted by atomic mass is 32.1. The van der Waals surface area contributed by atoms with E-state index in [1.165, 1.54) is 10.8 Å².